The van der Waals surface area contributed by atoms with Crippen molar-refractivity contribution in [2.75, 3.05) is 46.9 Å². The number of carbonyl (C=O) groups is 2. The first-order valence-electron chi connectivity index (χ1n) is 14.6. The van der Waals surface area contributed by atoms with E-state index >= 15 is 0 Å². The number of amides is 2. The van der Waals surface area contributed by atoms with Crippen LogP contribution >= 0.6 is 0 Å². The number of phenolic OH excluding ortho intramolecular Hbond substituents is 1. The van der Waals surface area contributed by atoms with Crippen LogP contribution in [0.4, 0.5) is 0 Å². The minimum atomic E-state index is -0.476. The van der Waals surface area contributed by atoms with Crippen molar-refractivity contribution in [2.45, 2.75) is 26.0 Å². The van der Waals surface area contributed by atoms with Crippen molar-refractivity contribution in [3.05, 3.63) is 102 Å². The SMILES string of the molecule is CCOC(Cc1ccc(-c2cccc(CN(C)C(=O)c3ccc4cc(O)ccc4c3)c2)cc1)C(=O)N1CCN(C)CC1. The summed E-state index contributed by atoms with van der Waals surface area (Å²) in [4.78, 5) is 32.2. The van der Waals surface area contributed by atoms with Crippen molar-refractivity contribution in [1.29, 1.82) is 0 Å². The highest BCUT2D eigenvalue weighted by molar-refractivity contribution is 5.98. The van der Waals surface area contributed by atoms with Gasteiger partial charge in [-0.2, -0.15) is 0 Å². The molecule has 0 spiro atoms. The molecule has 7 nitrogen and oxygen atoms in total. The number of piperazine rings is 1. The first-order valence-corrected chi connectivity index (χ1v) is 14.6. The number of nitrogens with zero attached hydrogens (tertiary/aromatic N) is 3. The number of fused-ring (bicyclic) bond motifs is 1. The van der Waals surface area contributed by atoms with E-state index in [1.165, 1.54) is 0 Å². The molecule has 4 aromatic carbocycles. The standard InChI is InChI=1S/C35H39N3O4/c1-4-42-33(35(41)38-18-16-36(2)17-19-38)21-25-8-10-27(11-9-25)28-7-5-6-26(20-28)24-37(3)34(40)31-13-12-30-23-32(39)15-14-29(30)22-31/h5-15,20,22-23,33,39H,4,16-19,21,24H2,1-3H3. The first kappa shape index (κ1) is 29.3. The van der Waals surface area contributed by atoms with Crippen LogP contribution in [-0.4, -0.2) is 84.6 Å². The van der Waals surface area contributed by atoms with Crippen molar-refractivity contribution in [3.8, 4) is 16.9 Å². The predicted octanol–water partition coefficient (Wildman–Crippen LogP) is 5.21. The van der Waals surface area contributed by atoms with Gasteiger partial charge in [0.15, 0.2) is 0 Å². The fourth-order valence-electron chi connectivity index (χ4n) is 5.48. The molecule has 1 atom stereocenters. The molecule has 1 fully saturated rings. The minimum Gasteiger partial charge on any atom is -0.508 e. The summed E-state index contributed by atoms with van der Waals surface area (Å²) in [7, 11) is 3.89. The highest BCUT2D eigenvalue weighted by atomic mass is 16.5. The summed E-state index contributed by atoms with van der Waals surface area (Å²) in [5.41, 5.74) is 4.85. The smallest absolute Gasteiger partial charge is 0.253 e. The van der Waals surface area contributed by atoms with E-state index in [0.717, 1.165) is 59.2 Å². The van der Waals surface area contributed by atoms with E-state index in [1.54, 1.807) is 23.1 Å². The van der Waals surface area contributed by atoms with E-state index < -0.39 is 6.10 Å². The van der Waals surface area contributed by atoms with Gasteiger partial charge in [0, 0.05) is 58.4 Å². The molecular weight excluding hydrogens is 526 g/mol. The second-order valence-corrected chi connectivity index (χ2v) is 11.1. The summed E-state index contributed by atoms with van der Waals surface area (Å²) in [5, 5.41) is 11.5. The number of hydrogen-bond acceptors (Lipinski definition) is 5. The Morgan fingerprint density at radius 1 is 0.857 bits per heavy atom. The van der Waals surface area contributed by atoms with Gasteiger partial charge in [-0.15, -0.1) is 0 Å². The molecule has 5 rings (SSSR count). The molecule has 0 radical (unpaired) electrons. The predicted molar refractivity (Wildman–Crippen MR) is 166 cm³/mol. The van der Waals surface area contributed by atoms with Crippen LogP contribution in [0.15, 0.2) is 84.9 Å². The van der Waals surface area contributed by atoms with Crippen molar-refractivity contribution in [2.24, 2.45) is 0 Å². The lowest BCUT2D eigenvalue weighted by atomic mass is 9.99. The van der Waals surface area contributed by atoms with Crippen LogP contribution in [0.1, 0.15) is 28.4 Å². The summed E-state index contributed by atoms with van der Waals surface area (Å²) in [5.74, 6) is 0.220. The maximum absolute atomic E-state index is 13.2. The largest absolute Gasteiger partial charge is 0.508 e. The minimum absolute atomic E-state index is 0.0605. The Balaban J connectivity index is 1.23. The Hall–Kier alpha value is -4.20. The number of ether oxygens (including phenoxy) is 1. The molecule has 7 heteroatoms. The molecule has 42 heavy (non-hydrogen) atoms. The molecule has 1 aliphatic rings. The normalized spacial score (nSPS) is 14.6. The zero-order valence-electron chi connectivity index (χ0n) is 24.6. The molecule has 0 aliphatic carbocycles. The Morgan fingerprint density at radius 2 is 1.57 bits per heavy atom. The van der Waals surface area contributed by atoms with Gasteiger partial charge >= 0.3 is 0 Å². The van der Waals surface area contributed by atoms with E-state index in [4.69, 9.17) is 4.74 Å². The highest BCUT2D eigenvalue weighted by Gasteiger charge is 2.27. The van der Waals surface area contributed by atoms with Gasteiger partial charge < -0.3 is 24.5 Å². The van der Waals surface area contributed by atoms with E-state index in [2.05, 4.69) is 48.3 Å². The second kappa shape index (κ2) is 13.2. The van der Waals surface area contributed by atoms with E-state index in [1.807, 2.05) is 49.2 Å². The summed E-state index contributed by atoms with van der Waals surface area (Å²) in [6, 6.07) is 27.2. The van der Waals surface area contributed by atoms with Crippen LogP contribution < -0.4 is 0 Å². The second-order valence-electron chi connectivity index (χ2n) is 11.1. The monoisotopic (exact) mass is 565 g/mol. The zero-order valence-corrected chi connectivity index (χ0v) is 24.6. The van der Waals surface area contributed by atoms with Gasteiger partial charge in [0.2, 0.25) is 0 Å². The third-order valence-electron chi connectivity index (χ3n) is 7.93. The fraction of sp³-hybridized carbons (Fsp3) is 0.314. The van der Waals surface area contributed by atoms with Gasteiger partial charge in [-0.3, -0.25) is 9.59 Å². The molecule has 1 aliphatic heterocycles. The first-order chi connectivity index (χ1) is 20.3. The molecule has 1 heterocycles. The zero-order chi connectivity index (χ0) is 29.6. The maximum atomic E-state index is 13.2. The van der Waals surface area contributed by atoms with Gasteiger partial charge in [0.25, 0.3) is 11.8 Å². The Bertz CT molecular complexity index is 1540. The van der Waals surface area contributed by atoms with Gasteiger partial charge in [-0.05, 0) is 77.3 Å². The molecule has 0 aromatic heterocycles. The topological polar surface area (TPSA) is 73.3 Å². The average molecular weight is 566 g/mol. The number of hydrogen-bond donors (Lipinski definition) is 1. The summed E-state index contributed by atoms with van der Waals surface area (Å²) >= 11 is 0. The number of carbonyl (C=O) groups excluding carboxylic acids is 2. The lowest BCUT2D eigenvalue weighted by molar-refractivity contribution is -0.145. The Labute approximate surface area is 247 Å². The number of rotatable bonds is 9. The van der Waals surface area contributed by atoms with Crippen molar-refractivity contribution < 1.29 is 19.4 Å². The van der Waals surface area contributed by atoms with Crippen LogP contribution in [0.25, 0.3) is 21.9 Å². The summed E-state index contributed by atoms with van der Waals surface area (Å²) < 4.78 is 5.89. The summed E-state index contributed by atoms with van der Waals surface area (Å²) in [6.45, 7) is 6.15. The molecular formula is C35H39N3O4. The molecule has 1 N–H and O–H groups in total. The van der Waals surface area contributed by atoms with Crippen LogP contribution in [-0.2, 0) is 22.5 Å². The lowest BCUT2D eigenvalue weighted by Crippen LogP contribution is -2.51. The van der Waals surface area contributed by atoms with E-state index in [-0.39, 0.29) is 17.6 Å². The van der Waals surface area contributed by atoms with Crippen LogP contribution in [0.2, 0.25) is 0 Å². The third kappa shape index (κ3) is 6.98. The number of phenols is 1. The number of benzene rings is 4. The Morgan fingerprint density at radius 3 is 2.31 bits per heavy atom. The Kier molecular flexibility index (Phi) is 9.20. The highest BCUT2D eigenvalue weighted by Crippen LogP contribution is 2.24. The summed E-state index contributed by atoms with van der Waals surface area (Å²) in [6.07, 6.45) is 0.0674. The quantitative estimate of drug-likeness (QED) is 0.302. The molecule has 2 amide bonds. The molecule has 1 unspecified atom stereocenters. The van der Waals surface area contributed by atoms with Gasteiger partial charge in [0.1, 0.15) is 11.9 Å². The molecule has 1 saturated heterocycles. The van der Waals surface area contributed by atoms with Gasteiger partial charge in [-0.1, -0.05) is 54.6 Å². The fourth-order valence-corrected chi connectivity index (χ4v) is 5.48. The molecule has 0 saturated carbocycles. The van der Waals surface area contributed by atoms with Gasteiger partial charge in [-0.25, -0.2) is 0 Å². The number of likely N-dealkylation sites (N-methyl/N-ethyl adjacent to an activating group) is 1. The van der Waals surface area contributed by atoms with Crippen molar-refractivity contribution in [1.82, 2.24) is 14.7 Å². The van der Waals surface area contributed by atoms with Gasteiger partial charge in [0.05, 0.1) is 0 Å². The molecule has 0 bridgehead atoms. The van der Waals surface area contributed by atoms with Crippen LogP contribution in [0.5, 0.6) is 5.75 Å². The van der Waals surface area contributed by atoms with Crippen molar-refractivity contribution >= 4 is 22.6 Å². The van der Waals surface area contributed by atoms with Crippen LogP contribution in [0.3, 0.4) is 0 Å². The molecule has 4 aromatic rings. The average Bonchev–Trinajstić information content (AvgIpc) is 3.00. The lowest BCUT2D eigenvalue weighted by Gasteiger charge is -2.34. The number of aromatic hydroxyl groups is 1. The molecule has 218 valence electrons. The maximum Gasteiger partial charge on any atom is 0.253 e. The van der Waals surface area contributed by atoms with Crippen molar-refractivity contribution in [3.63, 3.8) is 0 Å². The van der Waals surface area contributed by atoms with Crippen LogP contribution in [0, 0.1) is 0 Å². The van der Waals surface area contributed by atoms with E-state index in [9.17, 15) is 14.7 Å². The van der Waals surface area contributed by atoms with E-state index in [0.29, 0.717) is 25.1 Å². The third-order valence-corrected chi connectivity index (χ3v) is 7.93.